The monoisotopic (exact) mass is 112 g/mol. The molecule has 0 aromatic heterocycles. The number of hydrogen-bond acceptors (Lipinski definition) is 2. The highest BCUT2D eigenvalue weighted by Crippen LogP contribution is 2.04. The first-order valence-corrected chi connectivity index (χ1v) is 2.65. The highest BCUT2D eigenvalue weighted by Gasteiger charge is 2.13. The van der Waals surface area contributed by atoms with Gasteiger partial charge in [-0.15, -0.1) is 0 Å². The number of methoxy groups -OCH3 is 1. The molecule has 0 bridgehead atoms. The van der Waals surface area contributed by atoms with Gasteiger partial charge >= 0.3 is 0 Å². The minimum Gasteiger partial charge on any atom is -0.362 e. The summed E-state index contributed by atoms with van der Waals surface area (Å²) in [7, 11) is 3.69. The Labute approximate surface area is 49.7 Å². The predicted molar refractivity (Wildman–Crippen MR) is 31.2 cm³/mol. The van der Waals surface area contributed by atoms with E-state index in [9.17, 15) is 0 Å². The van der Waals surface area contributed by atoms with E-state index in [1.165, 1.54) is 0 Å². The maximum atomic E-state index is 5.01. The highest BCUT2D eigenvalue weighted by atomic mass is 16.5. The summed E-state index contributed by atoms with van der Waals surface area (Å²) >= 11 is 0. The molecule has 1 radical (unpaired) electrons. The number of hydrogen-bond donors (Lipinski definition) is 0. The molecule has 0 aromatic rings. The summed E-state index contributed by atoms with van der Waals surface area (Å²) in [5.41, 5.74) is 0. The van der Waals surface area contributed by atoms with Gasteiger partial charge in [0.15, 0.2) is 0 Å². The van der Waals surface area contributed by atoms with Crippen LogP contribution in [0.3, 0.4) is 0 Å². The fourth-order valence-corrected chi connectivity index (χ4v) is 0.768. The van der Waals surface area contributed by atoms with Crippen molar-refractivity contribution in [3.63, 3.8) is 0 Å². The third kappa shape index (κ3) is 0.904. The molecule has 0 aromatic carbocycles. The maximum Gasteiger partial charge on any atom is 0.136 e. The van der Waals surface area contributed by atoms with Crippen LogP contribution in [-0.2, 0) is 4.74 Å². The normalized spacial score (nSPS) is 29.5. The van der Waals surface area contributed by atoms with E-state index in [-0.39, 0.29) is 6.23 Å². The second-order valence-corrected chi connectivity index (χ2v) is 1.90. The number of nitrogens with zero attached hydrogens (tertiary/aromatic N) is 1. The lowest BCUT2D eigenvalue weighted by molar-refractivity contribution is 0.0308. The molecule has 2 nitrogen and oxygen atoms in total. The van der Waals surface area contributed by atoms with E-state index in [1.54, 1.807) is 7.11 Å². The Bertz CT molecular complexity index is 101. The quantitative estimate of drug-likeness (QED) is 0.482. The van der Waals surface area contributed by atoms with Gasteiger partial charge in [-0.3, -0.25) is 4.90 Å². The van der Waals surface area contributed by atoms with Crippen molar-refractivity contribution in [2.75, 3.05) is 20.7 Å². The first kappa shape index (κ1) is 5.79. The maximum absolute atomic E-state index is 5.01. The topological polar surface area (TPSA) is 12.5 Å². The molecule has 0 saturated heterocycles. The van der Waals surface area contributed by atoms with Gasteiger partial charge in [-0.1, -0.05) is 6.08 Å². The summed E-state index contributed by atoms with van der Waals surface area (Å²) in [4.78, 5) is 2.07. The predicted octanol–water partition coefficient (Wildman–Crippen LogP) is 0.264. The fraction of sp³-hybridized carbons (Fsp3) is 0.667. The molecular weight excluding hydrogens is 102 g/mol. The lowest BCUT2D eigenvalue weighted by atomic mass is 10.5. The molecule has 0 saturated carbocycles. The van der Waals surface area contributed by atoms with Crippen LogP contribution in [0.15, 0.2) is 6.08 Å². The van der Waals surface area contributed by atoms with Crippen LogP contribution in [0.4, 0.5) is 0 Å². The van der Waals surface area contributed by atoms with Crippen LogP contribution in [-0.4, -0.2) is 31.8 Å². The zero-order chi connectivity index (χ0) is 5.98. The molecule has 1 aliphatic rings. The molecule has 0 spiro atoms. The van der Waals surface area contributed by atoms with Gasteiger partial charge in [0.25, 0.3) is 0 Å². The van der Waals surface area contributed by atoms with Gasteiger partial charge in [0.1, 0.15) is 6.23 Å². The Morgan fingerprint density at radius 2 is 2.62 bits per heavy atom. The minimum absolute atomic E-state index is 0.0926. The van der Waals surface area contributed by atoms with Crippen LogP contribution in [0, 0.1) is 6.08 Å². The van der Waals surface area contributed by atoms with Gasteiger partial charge in [-0.2, -0.15) is 0 Å². The van der Waals surface area contributed by atoms with E-state index in [1.807, 2.05) is 13.1 Å². The van der Waals surface area contributed by atoms with Crippen molar-refractivity contribution in [2.45, 2.75) is 6.23 Å². The van der Waals surface area contributed by atoms with Gasteiger partial charge in [-0.05, 0) is 13.1 Å². The van der Waals surface area contributed by atoms with Crippen LogP contribution in [0.25, 0.3) is 0 Å². The molecular formula is C6H10NO. The molecule has 1 atom stereocenters. The number of ether oxygens (including phenoxy) is 1. The smallest absolute Gasteiger partial charge is 0.136 e. The molecule has 1 unspecified atom stereocenters. The van der Waals surface area contributed by atoms with E-state index < -0.39 is 0 Å². The van der Waals surface area contributed by atoms with Crippen molar-refractivity contribution >= 4 is 0 Å². The van der Waals surface area contributed by atoms with Crippen LogP contribution >= 0.6 is 0 Å². The van der Waals surface area contributed by atoms with Crippen molar-refractivity contribution in [3.05, 3.63) is 12.2 Å². The van der Waals surface area contributed by atoms with Crippen molar-refractivity contribution in [1.29, 1.82) is 0 Å². The van der Waals surface area contributed by atoms with Crippen LogP contribution < -0.4 is 0 Å². The van der Waals surface area contributed by atoms with E-state index in [4.69, 9.17) is 4.74 Å². The molecule has 1 heterocycles. The molecule has 0 fully saturated rings. The Morgan fingerprint density at radius 3 is 2.88 bits per heavy atom. The fourth-order valence-electron chi connectivity index (χ4n) is 0.768. The van der Waals surface area contributed by atoms with Crippen LogP contribution in [0.5, 0.6) is 0 Å². The zero-order valence-corrected chi connectivity index (χ0v) is 5.22. The average Bonchev–Trinajstić information content (AvgIpc) is 2.14. The molecule has 8 heavy (non-hydrogen) atoms. The van der Waals surface area contributed by atoms with Gasteiger partial charge in [0.2, 0.25) is 0 Å². The van der Waals surface area contributed by atoms with Gasteiger partial charge in [0, 0.05) is 13.7 Å². The second kappa shape index (κ2) is 2.29. The Balaban J connectivity index is 2.41. The summed E-state index contributed by atoms with van der Waals surface area (Å²) in [5.74, 6) is 0. The first-order chi connectivity index (χ1) is 3.84. The van der Waals surface area contributed by atoms with E-state index in [2.05, 4.69) is 11.0 Å². The highest BCUT2D eigenvalue weighted by molar-refractivity contribution is 4.90. The minimum atomic E-state index is 0.0926. The van der Waals surface area contributed by atoms with Gasteiger partial charge < -0.3 is 4.74 Å². The lowest BCUT2D eigenvalue weighted by Crippen LogP contribution is -2.26. The Kier molecular flexibility index (Phi) is 1.65. The zero-order valence-electron chi connectivity index (χ0n) is 5.22. The summed E-state index contributed by atoms with van der Waals surface area (Å²) in [6.07, 6.45) is 5.11. The van der Waals surface area contributed by atoms with Gasteiger partial charge in [-0.25, -0.2) is 0 Å². The van der Waals surface area contributed by atoms with E-state index in [0.717, 1.165) is 6.54 Å². The number of likely N-dealkylation sites (N-methyl/N-ethyl adjacent to an activating group) is 1. The molecule has 0 aliphatic carbocycles. The molecule has 0 N–H and O–H groups in total. The van der Waals surface area contributed by atoms with Crippen molar-refractivity contribution in [2.24, 2.45) is 0 Å². The SMILES string of the molecule is COC1[C]=CCN1C. The molecule has 1 rings (SSSR count). The Hall–Kier alpha value is -0.340. The second-order valence-electron chi connectivity index (χ2n) is 1.90. The molecule has 45 valence electrons. The van der Waals surface area contributed by atoms with E-state index >= 15 is 0 Å². The van der Waals surface area contributed by atoms with Crippen molar-refractivity contribution < 1.29 is 4.74 Å². The third-order valence-electron chi connectivity index (χ3n) is 1.26. The van der Waals surface area contributed by atoms with E-state index in [0.29, 0.717) is 0 Å². The largest absolute Gasteiger partial charge is 0.362 e. The standard InChI is InChI=1S/C6H10NO/c1-7-5-3-4-6(7)8-2/h3,6H,5H2,1-2H3. The third-order valence-corrected chi connectivity index (χ3v) is 1.26. The lowest BCUT2D eigenvalue weighted by Gasteiger charge is -2.15. The van der Waals surface area contributed by atoms with Crippen molar-refractivity contribution in [1.82, 2.24) is 4.90 Å². The summed E-state index contributed by atoms with van der Waals surface area (Å²) < 4.78 is 5.01. The van der Waals surface area contributed by atoms with Crippen molar-refractivity contribution in [3.8, 4) is 0 Å². The van der Waals surface area contributed by atoms with Crippen LogP contribution in [0.2, 0.25) is 0 Å². The van der Waals surface area contributed by atoms with Crippen LogP contribution in [0.1, 0.15) is 0 Å². The summed E-state index contributed by atoms with van der Waals surface area (Å²) in [5, 5.41) is 0. The first-order valence-electron chi connectivity index (χ1n) is 2.65. The average molecular weight is 112 g/mol. The van der Waals surface area contributed by atoms with Gasteiger partial charge in [0.05, 0.1) is 0 Å². The molecule has 0 amide bonds. The number of rotatable bonds is 1. The molecule has 2 heteroatoms. The Morgan fingerprint density at radius 1 is 1.88 bits per heavy atom. The summed E-state index contributed by atoms with van der Waals surface area (Å²) in [6, 6.07) is 0. The molecule has 1 aliphatic heterocycles. The summed E-state index contributed by atoms with van der Waals surface area (Å²) in [6.45, 7) is 0.957.